The van der Waals surface area contributed by atoms with E-state index in [0.717, 1.165) is 32.0 Å². The van der Waals surface area contributed by atoms with Gasteiger partial charge in [-0.05, 0) is 36.6 Å². The first-order valence-electron chi connectivity index (χ1n) is 9.93. The predicted molar refractivity (Wildman–Crippen MR) is 122 cm³/mol. The third-order valence-corrected chi connectivity index (χ3v) is 6.28. The van der Waals surface area contributed by atoms with Crippen LogP contribution in [0.2, 0.25) is 0 Å². The van der Waals surface area contributed by atoms with Crippen LogP contribution in [0.5, 0.6) is 0 Å². The summed E-state index contributed by atoms with van der Waals surface area (Å²) in [5.74, 6) is 0.122. The van der Waals surface area contributed by atoms with Crippen molar-refractivity contribution >= 4 is 32.6 Å². The number of carbonyl (C=O) groups is 1. The molecule has 1 amide bonds. The molecule has 29 heavy (non-hydrogen) atoms. The van der Waals surface area contributed by atoms with Gasteiger partial charge in [-0.1, -0.05) is 84.1 Å². The topological polar surface area (TPSA) is 33.2 Å². The number of hydrogen-bond acceptors (Lipinski definition) is 3. The zero-order chi connectivity index (χ0) is 20.2. The number of rotatable bonds is 6. The van der Waals surface area contributed by atoms with Gasteiger partial charge < -0.3 is 0 Å². The van der Waals surface area contributed by atoms with Crippen LogP contribution in [-0.4, -0.2) is 17.4 Å². The van der Waals surface area contributed by atoms with E-state index in [-0.39, 0.29) is 11.8 Å². The highest BCUT2D eigenvalue weighted by Gasteiger charge is 2.24. The van der Waals surface area contributed by atoms with Crippen LogP contribution in [0.15, 0.2) is 78.9 Å². The molecule has 4 heteroatoms. The molecule has 0 N–H and O–H groups in total. The minimum absolute atomic E-state index is 0.0232. The van der Waals surface area contributed by atoms with Gasteiger partial charge in [0.25, 0.3) is 0 Å². The third kappa shape index (κ3) is 4.08. The molecule has 0 saturated heterocycles. The van der Waals surface area contributed by atoms with Gasteiger partial charge in [0.2, 0.25) is 5.91 Å². The van der Waals surface area contributed by atoms with E-state index in [9.17, 15) is 4.79 Å². The van der Waals surface area contributed by atoms with Gasteiger partial charge in [0.15, 0.2) is 5.13 Å². The Bertz CT molecular complexity index is 1070. The summed E-state index contributed by atoms with van der Waals surface area (Å²) in [6, 6.07) is 26.7. The number of carbonyl (C=O) groups excluding carboxylic acids is 1. The van der Waals surface area contributed by atoms with Crippen molar-refractivity contribution in [2.24, 2.45) is 0 Å². The lowest BCUT2D eigenvalue weighted by molar-refractivity contribution is -0.118. The average Bonchev–Trinajstić information content (AvgIpc) is 3.19. The van der Waals surface area contributed by atoms with Crippen molar-refractivity contribution in [2.75, 3.05) is 11.4 Å². The number of anilines is 1. The quantitative estimate of drug-likeness (QED) is 0.387. The molecule has 0 aliphatic heterocycles. The highest BCUT2D eigenvalue weighted by Crippen LogP contribution is 2.33. The summed E-state index contributed by atoms with van der Waals surface area (Å²) in [5, 5.41) is 0.779. The van der Waals surface area contributed by atoms with Gasteiger partial charge in [-0.25, -0.2) is 4.98 Å². The van der Waals surface area contributed by atoms with E-state index in [1.54, 1.807) is 11.3 Å². The first-order valence-corrected chi connectivity index (χ1v) is 10.8. The van der Waals surface area contributed by atoms with E-state index in [1.165, 1.54) is 0 Å². The number of nitrogens with zero attached hydrogens (tertiary/aromatic N) is 2. The maximum absolute atomic E-state index is 13.4. The number of amides is 1. The number of thiazole rings is 1. The van der Waals surface area contributed by atoms with E-state index in [2.05, 4.69) is 43.3 Å². The van der Waals surface area contributed by atoms with Crippen molar-refractivity contribution < 1.29 is 4.79 Å². The summed E-state index contributed by atoms with van der Waals surface area (Å²) in [6.45, 7) is 4.68. The molecule has 3 nitrogen and oxygen atoms in total. The highest BCUT2D eigenvalue weighted by molar-refractivity contribution is 7.22. The zero-order valence-electron chi connectivity index (χ0n) is 16.7. The molecular formula is C25H24N2OS. The lowest BCUT2D eigenvalue weighted by Gasteiger charge is -2.23. The number of para-hydroxylation sites is 1. The van der Waals surface area contributed by atoms with Crippen LogP contribution in [0.4, 0.5) is 5.13 Å². The maximum atomic E-state index is 13.4. The van der Waals surface area contributed by atoms with Gasteiger partial charge in [-0.3, -0.25) is 9.69 Å². The van der Waals surface area contributed by atoms with Crippen molar-refractivity contribution in [3.63, 3.8) is 0 Å². The van der Waals surface area contributed by atoms with E-state index in [1.807, 2.05) is 54.3 Å². The van der Waals surface area contributed by atoms with Crippen LogP contribution >= 0.6 is 11.3 Å². The summed E-state index contributed by atoms with van der Waals surface area (Å²) < 4.78 is 1.12. The summed E-state index contributed by atoms with van der Waals surface area (Å²) in [5.41, 5.74) is 4.44. The van der Waals surface area contributed by atoms with Gasteiger partial charge in [0, 0.05) is 18.9 Å². The van der Waals surface area contributed by atoms with Crippen LogP contribution in [0.3, 0.4) is 0 Å². The summed E-state index contributed by atoms with van der Waals surface area (Å²) in [4.78, 5) is 20.0. The maximum Gasteiger partial charge on any atom is 0.229 e. The number of fused-ring (bicyclic) bond motifs is 1. The fourth-order valence-electron chi connectivity index (χ4n) is 3.69. The third-order valence-electron chi connectivity index (χ3n) is 5.24. The van der Waals surface area contributed by atoms with Crippen molar-refractivity contribution in [1.82, 2.24) is 4.98 Å². The molecule has 1 heterocycles. The molecule has 1 aromatic heterocycles. The van der Waals surface area contributed by atoms with E-state index in [0.29, 0.717) is 13.0 Å². The minimum atomic E-state index is 0.0232. The molecule has 0 aliphatic rings. The summed E-state index contributed by atoms with van der Waals surface area (Å²) in [7, 11) is 0. The zero-order valence-corrected chi connectivity index (χ0v) is 17.5. The molecule has 0 bridgehead atoms. The normalized spacial score (nSPS) is 11.1. The smallest absolute Gasteiger partial charge is 0.229 e. The molecular weight excluding hydrogens is 376 g/mol. The minimum Gasteiger partial charge on any atom is -0.288 e. The monoisotopic (exact) mass is 400 g/mol. The average molecular weight is 401 g/mol. The summed E-state index contributed by atoms with van der Waals surface area (Å²) >= 11 is 1.59. The molecule has 0 radical (unpaired) electrons. The Morgan fingerprint density at radius 2 is 1.55 bits per heavy atom. The van der Waals surface area contributed by atoms with Gasteiger partial charge in [-0.2, -0.15) is 0 Å². The Morgan fingerprint density at radius 1 is 0.931 bits per heavy atom. The number of hydrogen-bond donors (Lipinski definition) is 0. The molecule has 0 atom stereocenters. The Morgan fingerprint density at radius 3 is 2.10 bits per heavy atom. The highest BCUT2D eigenvalue weighted by atomic mass is 32.1. The SMILES string of the molecule is CCN(C(=O)CC(c1ccccc1)c1ccccc1)c1nc2c(C)cccc2s1. The van der Waals surface area contributed by atoms with Crippen molar-refractivity contribution in [3.8, 4) is 0 Å². The van der Waals surface area contributed by atoms with Crippen LogP contribution in [0.25, 0.3) is 10.2 Å². The van der Waals surface area contributed by atoms with E-state index < -0.39 is 0 Å². The lowest BCUT2D eigenvalue weighted by Crippen LogP contribution is -2.31. The molecule has 4 rings (SSSR count). The second-order valence-electron chi connectivity index (χ2n) is 7.13. The lowest BCUT2D eigenvalue weighted by atomic mass is 9.88. The van der Waals surface area contributed by atoms with E-state index >= 15 is 0 Å². The van der Waals surface area contributed by atoms with Crippen LogP contribution < -0.4 is 4.90 Å². The molecule has 0 saturated carbocycles. The van der Waals surface area contributed by atoms with Crippen LogP contribution in [0, 0.1) is 6.92 Å². The first kappa shape index (κ1) is 19.3. The first-order chi connectivity index (χ1) is 14.2. The van der Waals surface area contributed by atoms with Gasteiger partial charge >= 0.3 is 0 Å². The summed E-state index contributed by atoms with van der Waals surface area (Å²) in [6.07, 6.45) is 0.413. The van der Waals surface area contributed by atoms with Crippen LogP contribution in [-0.2, 0) is 4.79 Å². The predicted octanol–water partition coefficient (Wildman–Crippen LogP) is 6.18. The second kappa shape index (κ2) is 8.58. The largest absolute Gasteiger partial charge is 0.288 e. The number of aromatic nitrogens is 1. The fraction of sp³-hybridized carbons (Fsp3) is 0.200. The molecule has 3 aromatic carbocycles. The number of aryl methyl sites for hydroxylation is 1. The van der Waals surface area contributed by atoms with Crippen LogP contribution in [0.1, 0.15) is 36.0 Å². The Labute approximate surface area is 175 Å². The number of benzene rings is 3. The van der Waals surface area contributed by atoms with Crippen molar-refractivity contribution in [1.29, 1.82) is 0 Å². The second-order valence-corrected chi connectivity index (χ2v) is 8.14. The molecule has 0 unspecified atom stereocenters. The van der Waals surface area contributed by atoms with Crippen molar-refractivity contribution in [2.45, 2.75) is 26.2 Å². The molecule has 4 aromatic rings. The molecule has 0 fully saturated rings. The van der Waals surface area contributed by atoms with Crippen molar-refractivity contribution in [3.05, 3.63) is 95.6 Å². The molecule has 146 valence electrons. The standard InChI is InChI=1S/C25H24N2OS/c1-3-27(25-26-24-18(2)11-10-16-22(24)29-25)23(28)17-21(19-12-6-4-7-13-19)20-14-8-5-9-15-20/h4-16,21H,3,17H2,1-2H3. The molecule has 0 spiro atoms. The molecule has 0 aliphatic carbocycles. The Kier molecular flexibility index (Phi) is 5.72. The Hall–Kier alpha value is -2.98. The fourth-order valence-corrected chi connectivity index (χ4v) is 4.82. The van der Waals surface area contributed by atoms with E-state index in [4.69, 9.17) is 4.98 Å². The Balaban J connectivity index is 1.66. The van der Waals surface area contributed by atoms with Gasteiger partial charge in [0.1, 0.15) is 0 Å². The van der Waals surface area contributed by atoms with Gasteiger partial charge in [0.05, 0.1) is 10.2 Å². The van der Waals surface area contributed by atoms with Gasteiger partial charge in [-0.15, -0.1) is 0 Å².